The van der Waals surface area contributed by atoms with Gasteiger partial charge in [-0.25, -0.2) is 0 Å². The zero-order chi connectivity index (χ0) is 10.7. The number of nitrogens with two attached hydrogens (primary N) is 1. The molecule has 1 heterocycles. The fraction of sp³-hybridized carbons (Fsp3) is 0.200. The maximum atomic E-state index is 6.09. The van der Waals surface area contributed by atoms with Gasteiger partial charge in [-0.15, -0.1) is 5.10 Å². The Balaban J connectivity index is 2.37. The number of methoxy groups -OCH3 is 1. The predicted octanol–water partition coefficient (Wildman–Crippen LogP) is 1.59. The molecule has 0 aliphatic rings. The minimum atomic E-state index is -0.221. The summed E-state index contributed by atoms with van der Waals surface area (Å²) in [4.78, 5) is 0.930. The number of nitrogens with zero attached hydrogens (tertiary/aromatic N) is 2. The molecule has 0 saturated carbocycles. The second-order valence-electron chi connectivity index (χ2n) is 3.04. The van der Waals surface area contributed by atoms with Crippen molar-refractivity contribution in [3.63, 3.8) is 0 Å². The molecular weight excluding hydrogens is 210 g/mol. The Bertz CT molecular complexity index is 430. The summed E-state index contributed by atoms with van der Waals surface area (Å²) in [5.74, 6) is 0.790. The molecule has 0 amide bonds. The molecule has 2 N–H and O–H groups in total. The number of ether oxygens (including phenoxy) is 1. The van der Waals surface area contributed by atoms with Gasteiger partial charge in [0.05, 0.1) is 24.2 Å². The van der Waals surface area contributed by atoms with Crippen molar-refractivity contribution >= 4 is 11.5 Å². The Labute approximate surface area is 91.9 Å². The molecule has 15 heavy (non-hydrogen) atoms. The number of rotatable bonds is 3. The second-order valence-corrected chi connectivity index (χ2v) is 3.86. The van der Waals surface area contributed by atoms with Gasteiger partial charge < -0.3 is 10.5 Å². The highest BCUT2D eigenvalue weighted by atomic mass is 32.1. The molecular formula is C10H11N3OS. The van der Waals surface area contributed by atoms with Crippen molar-refractivity contribution in [2.45, 2.75) is 6.04 Å². The van der Waals surface area contributed by atoms with Crippen LogP contribution in [0.4, 0.5) is 0 Å². The summed E-state index contributed by atoms with van der Waals surface area (Å²) in [7, 11) is 1.64. The van der Waals surface area contributed by atoms with Crippen LogP contribution in [0, 0.1) is 0 Å². The summed E-state index contributed by atoms with van der Waals surface area (Å²) in [6.45, 7) is 0. The number of para-hydroxylation sites is 1. The summed E-state index contributed by atoms with van der Waals surface area (Å²) in [6, 6.07) is 7.47. The van der Waals surface area contributed by atoms with Crippen molar-refractivity contribution in [2.75, 3.05) is 7.11 Å². The zero-order valence-electron chi connectivity index (χ0n) is 8.25. The molecule has 0 bridgehead atoms. The van der Waals surface area contributed by atoms with Crippen LogP contribution in [0.2, 0.25) is 0 Å². The minimum absolute atomic E-state index is 0.221. The van der Waals surface area contributed by atoms with Gasteiger partial charge in [-0.1, -0.05) is 22.7 Å². The zero-order valence-corrected chi connectivity index (χ0v) is 9.07. The van der Waals surface area contributed by atoms with Gasteiger partial charge in [-0.3, -0.25) is 0 Å². The highest BCUT2D eigenvalue weighted by molar-refractivity contribution is 7.05. The average molecular weight is 221 g/mol. The van der Waals surface area contributed by atoms with E-state index in [1.165, 1.54) is 11.5 Å². The van der Waals surface area contributed by atoms with Crippen LogP contribution in [-0.2, 0) is 0 Å². The maximum Gasteiger partial charge on any atom is 0.124 e. The third-order valence-corrected chi connectivity index (χ3v) is 2.90. The Morgan fingerprint density at radius 2 is 2.20 bits per heavy atom. The van der Waals surface area contributed by atoms with Crippen LogP contribution in [-0.4, -0.2) is 16.7 Å². The van der Waals surface area contributed by atoms with E-state index in [4.69, 9.17) is 10.5 Å². The van der Waals surface area contributed by atoms with Gasteiger partial charge in [0.2, 0.25) is 0 Å². The molecule has 78 valence electrons. The summed E-state index contributed by atoms with van der Waals surface area (Å²) >= 11 is 1.30. The highest BCUT2D eigenvalue weighted by Gasteiger charge is 2.15. The lowest BCUT2D eigenvalue weighted by molar-refractivity contribution is 0.408. The number of aromatic nitrogens is 2. The Morgan fingerprint density at radius 1 is 1.40 bits per heavy atom. The average Bonchev–Trinajstić information content (AvgIpc) is 2.81. The van der Waals surface area contributed by atoms with E-state index in [0.29, 0.717) is 0 Å². The first-order chi connectivity index (χ1) is 7.33. The van der Waals surface area contributed by atoms with Crippen molar-refractivity contribution in [1.29, 1.82) is 0 Å². The molecule has 0 radical (unpaired) electrons. The van der Waals surface area contributed by atoms with Crippen LogP contribution in [0.25, 0.3) is 0 Å². The lowest BCUT2D eigenvalue weighted by atomic mass is 10.1. The molecule has 0 fully saturated rings. The third kappa shape index (κ3) is 1.98. The first-order valence-electron chi connectivity index (χ1n) is 4.48. The smallest absolute Gasteiger partial charge is 0.124 e. The Kier molecular flexibility index (Phi) is 2.94. The van der Waals surface area contributed by atoms with Gasteiger partial charge in [0.15, 0.2) is 0 Å². The Hall–Kier alpha value is -1.46. The van der Waals surface area contributed by atoms with E-state index in [1.54, 1.807) is 13.3 Å². The molecule has 0 saturated heterocycles. The molecule has 0 aliphatic heterocycles. The quantitative estimate of drug-likeness (QED) is 0.855. The van der Waals surface area contributed by atoms with Gasteiger partial charge in [0, 0.05) is 5.56 Å². The SMILES string of the molecule is COc1ccccc1C(N)c1cnns1. The normalized spacial score (nSPS) is 12.4. The largest absolute Gasteiger partial charge is 0.496 e. The van der Waals surface area contributed by atoms with Crippen molar-refractivity contribution in [1.82, 2.24) is 9.59 Å². The van der Waals surface area contributed by atoms with Gasteiger partial charge in [0.1, 0.15) is 5.75 Å². The van der Waals surface area contributed by atoms with E-state index in [9.17, 15) is 0 Å². The van der Waals surface area contributed by atoms with Gasteiger partial charge >= 0.3 is 0 Å². The van der Waals surface area contributed by atoms with E-state index in [2.05, 4.69) is 9.59 Å². The van der Waals surface area contributed by atoms with Gasteiger partial charge in [0.25, 0.3) is 0 Å². The molecule has 2 aromatic rings. The lowest BCUT2D eigenvalue weighted by Gasteiger charge is -2.12. The molecule has 1 unspecified atom stereocenters. The maximum absolute atomic E-state index is 6.09. The Morgan fingerprint density at radius 3 is 2.87 bits per heavy atom. The van der Waals surface area contributed by atoms with Crippen molar-refractivity contribution in [3.8, 4) is 5.75 Å². The van der Waals surface area contributed by atoms with Gasteiger partial charge in [-0.05, 0) is 17.6 Å². The monoisotopic (exact) mass is 221 g/mol. The second kappa shape index (κ2) is 4.37. The number of hydrogen-bond donors (Lipinski definition) is 1. The summed E-state index contributed by atoms with van der Waals surface area (Å²) in [5.41, 5.74) is 7.04. The number of benzene rings is 1. The molecule has 1 aromatic carbocycles. The van der Waals surface area contributed by atoms with E-state index in [0.717, 1.165) is 16.2 Å². The first-order valence-corrected chi connectivity index (χ1v) is 5.26. The molecule has 4 nitrogen and oxygen atoms in total. The van der Waals surface area contributed by atoms with Crippen LogP contribution in [0.1, 0.15) is 16.5 Å². The van der Waals surface area contributed by atoms with Gasteiger partial charge in [-0.2, -0.15) is 0 Å². The molecule has 1 atom stereocenters. The fourth-order valence-corrected chi connectivity index (χ4v) is 1.91. The van der Waals surface area contributed by atoms with Crippen LogP contribution in [0.15, 0.2) is 30.5 Å². The molecule has 0 aliphatic carbocycles. The third-order valence-electron chi connectivity index (χ3n) is 2.16. The summed E-state index contributed by atoms with van der Waals surface area (Å²) in [5, 5.41) is 3.77. The summed E-state index contributed by atoms with van der Waals surface area (Å²) in [6.07, 6.45) is 1.68. The fourth-order valence-electron chi connectivity index (χ4n) is 1.39. The van der Waals surface area contributed by atoms with Crippen molar-refractivity contribution < 1.29 is 4.74 Å². The molecule has 2 rings (SSSR count). The molecule has 1 aromatic heterocycles. The first kappa shape index (κ1) is 10.1. The highest BCUT2D eigenvalue weighted by Crippen LogP contribution is 2.28. The van der Waals surface area contributed by atoms with Crippen LogP contribution in [0.3, 0.4) is 0 Å². The van der Waals surface area contributed by atoms with E-state index < -0.39 is 0 Å². The van der Waals surface area contributed by atoms with Crippen LogP contribution in [0.5, 0.6) is 5.75 Å². The minimum Gasteiger partial charge on any atom is -0.496 e. The molecule has 5 heteroatoms. The lowest BCUT2D eigenvalue weighted by Crippen LogP contribution is -2.11. The molecule has 0 spiro atoms. The summed E-state index contributed by atoms with van der Waals surface area (Å²) < 4.78 is 9.04. The van der Waals surface area contributed by atoms with Crippen molar-refractivity contribution in [2.24, 2.45) is 5.73 Å². The van der Waals surface area contributed by atoms with E-state index >= 15 is 0 Å². The van der Waals surface area contributed by atoms with E-state index in [-0.39, 0.29) is 6.04 Å². The van der Waals surface area contributed by atoms with Crippen LogP contribution < -0.4 is 10.5 Å². The standard InChI is InChI=1S/C10H11N3OS/c1-14-8-5-3-2-4-7(8)10(11)9-6-12-13-15-9/h2-6,10H,11H2,1H3. The van der Waals surface area contributed by atoms with Crippen LogP contribution >= 0.6 is 11.5 Å². The van der Waals surface area contributed by atoms with Crippen molar-refractivity contribution in [3.05, 3.63) is 40.9 Å². The number of hydrogen-bond acceptors (Lipinski definition) is 5. The van der Waals surface area contributed by atoms with E-state index in [1.807, 2.05) is 24.3 Å². The predicted molar refractivity (Wildman–Crippen MR) is 58.9 cm³/mol. The topological polar surface area (TPSA) is 61.0 Å².